The van der Waals surface area contributed by atoms with Gasteiger partial charge in [0, 0.05) is 41.7 Å². The third-order valence-electron chi connectivity index (χ3n) is 7.36. The first-order chi connectivity index (χ1) is 17.1. The summed E-state index contributed by atoms with van der Waals surface area (Å²) in [4.78, 5) is 54.2. The zero-order valence-electron chi connectivity index (χ0n) is 20.4. The highest BCUT2D eigenvalue weighted by Gasteiger charge is 2.60. The molecule has 1 unspecified atom stereocenters. The number of thioether (sulfide) groups is 1. The minimum Gasteiger partial charge on any atom is -0.477 e. The Bertz CT molecular complexity index is 983. The number of nitrogens with one attached hydrogen (secondary N) is 2. The van der Waals surface area contributed by atoms with Crippen LogP contribution in [0, 0.1) is 11.8 Å². The fourth-order valence-corrected chi connectivity index (χ4v) is 7.18. The number of fused-ring (bicyclic) bond motifs is 1. The zero-order valence-corrected chi connectivity index (χ0v) is 21.2. The van der Waals surface area contributed by atoms with Gasteiger partial charge in [0.1, 0.15) is 18.6 Å². The SMILES string of the molecule is C[C@H]1C(S[C@@H]2CN[C@H](C(=O)N3CCCC3)C2)=C(C(=O)O)N2C(=O)[C@H]([C@@H](C)NC(=O)CN(N)/C=N\N)C12. The van der Waals surface area contributed by atoms with Gasteiger partial charge in [-0.1, -0.05) is 6.92 Å². The van der Waals surface area contributed by atoms with Crippen molar-refractivity contribution < 1.29 is 24.3 Å². The summed E-state index contributed by atoms with van der Waals surface area (Å²) in [6, 6.07) is -1.15. The number of β-lactam (4-membered cyclic amide) rings is 1. The van der Waals surface area contributed by atoms with E-state index in [9.17, 15) is 24.3 Å². The fourth-order valence-electron chi connectivity index (χ4n) is 5.70. The van der Waals surface area contributed by atoms with Crippen LogP contribution in [0.1, 0.15) is 33.1 Å². The molecule has 0 aromatic carbocycles. The number of hydrogen-bond acceptors (Lipinski definition) is 9. The van der Waals surface area contributed by atoms with Gasteiger partial charge >= 0.3 is 5.97 Å². The predicted octanol–water partition coefficient (Wildman–Crippen LogP) is -1.57. The van der Waals surface area contributed by atoms with Gasteiger partial charge in [0.2, 0.25) is 17.7 Å². The van der Waals surface area contributed by atoms with Crippen LogP contribution in [0.4, 0.5) is 0 Å². The number of hydrazine groups is 1. The topological polar surface area (TPSA) is 187 Å². The van der Waals surface area contributed by atoms with Gasteiger partial charge in [-0.15, -0.1) is 11.8 Å². The number of nitrogens with zero attached hydrogens (tertiary/aromatic N) is 4. The van der Waals surface area contributed by atoms with Crippen LogP contribution in [0.5, 0.6) is 0 Å². The molecule has 3 saturated heterocycles. The molecular formula is C22H34N8O5S. The summed E-state index contributed by atoms with van der Waals surface area (Å²) in [6.07, 6.45) is 3.77. The van der Waals surface area contributed by atoms with Crippen molar-refractivity contribution in [2.45, 2.75) is 56.5 Å². The van der Waals surface area contributed by atoms with E-state index in [4.69, 9.17) is 11.7 Å². The molecule has 0 bridgehead atoms. The Hall–Kier alpha value is -2.84. The van der Waals surface area contributed by atoms with Crippen LogP contribution < -0.4 is 22.3 Å². The number of aliphatic carboxylic acids is 1. The molecule has 3 fully saturated rings. The smallest absolute Gasteiger partial charge is 0.353 e. The Morgan fingerprint density at radius 3 is 2.69 bits per heavy atom. The second kappa shape index (κ2) is 10.6. The van der Waals surface area contributed by atoms with E-state index in [0.29, 0.717) is 17.9 Å². The van der Waals surface area contributed by atoms with Gasteiger partial charge in [0.15, 0.2) is 0 Å². The van der Waals surface area contributed by atoms with Gasteiger partial charge in [-0.05, 0) is 26.2 Å². The molecule has 4 aliphatic rings. The lowest BCUT2D eigenvalue weighted by atomic mass is 9.78. The predicted molar refractivity (Wildman–Crippen MR) is 133 cm³/mol. The van der Waals surface area contributed by atoms with Crippen molar-refractivity contribution in [3.8, 4) is 0 Å². The molecule has 0 spiro atoms. The Morgan fingerprint density at radius 1 is 1.36 bits per heavy atom. The van der Waals surface area contributed by atoms with Crippen LogP contribution in [0.2, 0.25) is 0 Å². The summed E-state index contributed by atoms with van der Waals surface area (Å²) in [5.74, 6) is 8.07. The largest absolute Gasteiger partial charge is 0.477 e. The highest BCUT2D eigenvalue weighted by Crippen LogP contribution is 2.51. The first kappa shape index (κ1) is 26.2. The Kier molecular flexibility index (Phi) is 7.76. The van der Waals surface area contributed by atoms with Gasteiger partial charge in [0.25, 0.3) is 0 Å². The Labute approximate surface area is 213 Å². The van der Waals surface area contributed by atoms with E-state index in [1.165, 1.54) is 16.7 Å². The van der Waals surface area contributed by atoms with Gasteiger partial charge in [-0.3, -0.25) is 19.4 Å². The van der Waals surface area contributed by atoms with Gasteiger partial charge < -0.3 is 31.4 Å². The second-order valence-corrected chi connectivity index (χ2v) is 11.1. The summed E-state index contributed by atoms with van der Waals surface area (Å²) >= 11 is 1.45. The molecule has 198 valence electrons. The van der Waals surface area contributed by atoms with Crippen molar-refractivity contribution in [3.05, 3.63) is 10.6 Å². The van der Waals surface area contributed by atoms with E-state index in [1.807, 2.05) is 11.8 Å². The molecule has 6 atom stereocenters. The lowest BCUT2D eigenvalue weighted by molar-refractivity contribution is -0.158. The van der Waals surface area contributed by atoms with Crippen molar-refractivity contribution in [1.29, 1.82) is 0 Å². The van der Waals surface area contributed by atoms with Gasteiger partial charge in [-0.2, -0.15) is 5.10 Å². The molecule has 0 aliphatic carbocycles. The lowest BCUT2D eigenvalue weighted by Crippen LogP contribution is -2.66. The molecule has 4 rings (SSSR count). The molecule has 0 aromatic heterocycles. The van der Waals surface area contributed by atoms with E-state index in [1.54, 1.807) is 6.92 Å². The number of amides is 3. The summed E-state index contributed by atoms with van der Waals surface area (Å²) in [7, 11) is 0. The maximum atomic E-state index is 13.1. The van der Waals surface area contributed by atoms with Crippen LogP contribution in [0.25, 0.3) is 0 Å². The molecular weight excluding hydrogens is 488 g/mol. The van der Waals surface area contributed by atoms with Crippen molar-refractivity contribution in [1.82, 2.24) is 25.4 Å². The van der Waals surface area contributed by atoms with Crippen LogP contribution in [-0.4, -0.2) is 99.5 Å². The molecule has 14 heteroatoms. The van der Waals surface area contributed by atoms with Crippen molar-refractivity contribution in [3.63, 3.8) is 0 Å². The molecule has 7 N–H and O–H groups in total. The number of carboxylic acid groups (broad SMARTS) is 1. The Balaban J connectivity index is 1.41. The zero-order chi connectivity index (χ0) is 26.1. The maximum Gasteiger partial charge on any atom is 0.353 e. The molecule has 4 aliphatic heterocycles. The number of carboxylic acids is 1. The number of carbonyl (C=O) groups is 4. The van der Waals surface area contributed by atoms with Crippen molar-refractivity contribution in [2.75, 3.05) is 26.2 Å². The number of hydrazone groups is 1. The fraction of sp³-hybridized carbons (Fsp3) is 0.682. The number of rotatable bonds is 9. The van der Waals surface area contributed by atoms with Crippen LogP contribution >= 0.6 is 11.8 Å². The van der Waals surface area contributed by atoms with Gasteiger partial charge in [0.05, 0.1) is 18.0 Å². The number of nitrogens with two attached hydrogens (primary N) is 2. The highest BCUT2D eigenvalue weighted by atomic mass is 32.2. The highest BCUT2D eigenvalue weighted by molar-refractivity contribution is 8.03. The average molecular weight is 523 g/mol. The monoisotopic (exact) mass is 522 g/mol. The molecule has 3 amide bonds. The minimum absolute atomic E-state index is 0.0129. The van der Waals surface area contributed by atoms with E-state index < -0.39 is 23.8 Å². The molecule has 4 heterocycles. The minimum atomic E-state index is -1.15. The molecule has 0 aromatic rings. The maximum absolute atomic E-state index is 13.1. The van der Waals surface area contributed by atoms with Gasteiger partial charge in [-0.25, -0.2) is 10.6 Å². The summed E-state index contributed by atoms with van der Waals surface area (Å²) in [5, 5.41) is 20.3. The number of carbonyl (C=O) groups excluding carboxylic acids is 3. The second-order valence-electron chi connectivity index (χ2n) is 9.79. The van der Waals surface area contributed by atoms with Crippen LogP contribution in [0.3, 0.4) is 0 Å². The van der Waals surface area contributed by atoms with Crippen molar-refractivity contribution in [2.24, 2.45) is 28.6 Å². The van der Waals surface area contributed by atoms with Crippen LogP contribution in [-0.2, 0) is 19.2 Å². The van der Waals surface area contributed by atoms with E-state index in [0.717, 1.165) is 37.3 Å². The third kappa shape index (κ3) is 4.89. The first-order valence-electron chi connectivity index (χ1n) is 12.2. The van der Waals surface area contributed by atoms with Crippen LogP contribution in [0.15, 0.2) is 15.7 Å². The Morgan fingerprint density at radius 2 is 2.06 bits per heavy atom. The lowest BCUT2D eigenvalue weighted by Gasteiger charge is -2.47. The standard InChI is InChI=1S/C22H34N8O5S/c1-11-17-16(12(2)27-15(31)9-29(24)10-26-23)21(33)30(17)18(22(34)35)19(11)36-13-7-14(25-8-13)20(32)28-5-3-4-6-28/h10-14,16-17,25H,3-9,23-24H2,1-2H3,(H,27,31)(H,34,35)/b26-10-/t11-,12-,13+,14+,16-,17?/m1/s1. The molecule has 0 saturated carbocycles. The normalized spacial score (nSPS) is 30.5. The quantitative estimate of drug-likeness (QED) is 0.0778. The first-order valence-corrected chi connectivity index (χ1v) is 13.1. The van der Waals surface area contributed by atoms with Crippen molar-refractivity contribution >= 4 is 41.8 Å². The summed E-state index contributed by atoms with van der Waals surface area (Å²) in [6.45, 7) is 5.62. The number of hydrogen-bond donors (Lipinski definition) is 5. The molecule has 13 nitrogen and oxygen atoms in total. The molecule has 0 radical (unpaired) electrons. The third-order valence-corrected chi connectivity index (χ3v) is 8.87. The molecule has 36 heavy (non-hydrogen) atoms. The summed E-state index contributed by atoms with van der Waals surface area (Å²) in [5.41, 5.74) is 0.0129. The summed E-state index contributed by atoms with van der Waals surface area (Å²) < 4.78 is 0. The average Bonchev–Trinajstić information content (AvgIpc) is 3.54. The van der Waals surface area contributed by atoms with E-state index in [-0.39, 0.29) is 47.3 Å². The number of likely N-dealkylation sites (tertiary alicyclic amines) is 1. The van der Waals surface area contributed by atoms with E-state index >= 15 is 0 Å². The van der Waals surface area contributed by atoms with E-state index in [2.05, 4.69) is 15.7 Å².